The Kier molecular flexibility index (Phi) is 5.11. The van der Waals surface area contributed by atoms with Gasteiger partial charge in [0.05, 0.1) is 5.69 Å². The van der Waals surface area contributed by atoms with Crippen molar-refractivity contribution in [2.24, 2.45) is 0 Å². The van der Waals surface area contributed by atoms with Crippen LogP contribution in [0.15, 0.2) is 41.3 Å². The molecule has 1 amide bonds. The van der Waals surface area contributed by atoms with Crippen LogP contribution in [-0.4, -0.2) is 20.4 Å². The molecule has 26 heavy (non-hydrogen) atoms. The van der Waals surface area contributed by atoms with Gasteiger partial charge in [0.25, 0.3) is 15.9 Å². The third kappa shape index (κ3) is 3.64. The number of anilines is 2. The molecule has 2 aromatic carbocycles. The molecule has 6 nitrogen and oxygen atoms in total. The molecule has 0 fully saturated rings. The maximum atomic E-state index is 12.9. The van der Waals surface area contributed by atoms with Crippen LogP contribution in [-0.2, 0) is 21.2 Å². The maximum Gasteiger partial charge on any atom is 0.265 e. The summed E-state index contributed by atoms with van der Waals surface area (Å²) in [4.78, 5) is 11.9. The number of hydrogen-bond acceptors (Lipinski definition) is 4. The number of nitrogens with one attached hydrogen (secondary N) is 2. The van der Waals surface area contributed by atoms with Crippen molar-refractivity contribution in [3.8, 4) is 5.75 Å². The summed E-state index contributed by atoms with van der Waals surface area (Å²) < 4.78 is 34.1. The highest BCUT2D eigenvalue weighted by Crippen LogP contribution is 2.40. The monoisotopic (exact) mass is 394 g/mol. The average molecular weight is 395 g/mol. The smallest absolute Gasteiger partial charge is 0.265 e. The Morgan fingerprint density at radius 2 is 2.00 bits per heavy atom. The van der Waals surface area contributed by atoms with E-state index < -0.39 is 16.1 Å². The van der Waals surface area contributed by atoms with Crippen LogP contribution in [0.4, 0.5) is 11.4 Å². The minimum absolute atomic E-state index is 0.0972. The topological polar surface area (TPSA) is 84.5 Å². The molecule has 138 valence electrons. The Hall–Kier alpha value is -2.25. The SMILES string of the molecule is CCc1cccc(NS(=O)(=O)c2cc(Cl)cc3c2OC(CC)C(=O)N3)c1. The Morgan fingerprint density at radius 3 is 2.69 bits per heavy atom. The van der Waals surface area contributed by atoms with Gasteiger partial charge in [-0.05, 0) is 42.7 Å². The zero-order valence-electron chi connectivity index (χ0n) is 14.4. The molecule has 8 heteroatoms. The third-order valence-electron chi connectivity index (χ3n) is 4.08. The molecule has 0 saturated heterocycles. The van der Waals surface area contributed by atoms with Crippen LogP contribution >= 0.6 is 11.6 Å². The van der Waals surface area contributed by atoms with Gasteiger partial charge in [0.2, 0.25) is 0 Å². The molecule has 0 bridgehead atoms. The van der Waals surface area contributed by atoms with Crippen LogP contribution in [0.3, 0.4) is 0 Å². The summed E-state index contributed by atoms with van der Waals surface area (Å²) in [7, 11) is -3.96. The minimum Gasteiger partial charge on any atom is -0.477 e. The largest absolute Gasteiger partial charge is 0.477 e. The molecule has 0 aromatic heterocycles. The first-order valence-corrected chi connectivity index (χ1v) is 10.1. The number of rotatable bonds is 5. The number of sulfonamides is 1. The van der Waals surface area contributed by atoms with Gasteiger partial charge in [-0.25, -0.2) is 8.42 Å². The van der Waals surface area contributed by atoms with Crippen molar-refractivity contribution in [2.75, 3.05) is 10.0 Å². The van der Waals surface area contributed by atoms with Crippen molar-refractivity contribution in [3.05, 3.63) is 47.0 Å². The zero-order chi connectivity index (χ0) is 18.9. The number of benzene rings is 2. The molecule has 1 unspecified atom stereocenters. The Bertz CT molecular complexity index is 960. The van der Waals surface area contributed by atoms with Gasteiger partial charge in [-0.15, -0.1) is 0 Å². The van der Waals surface area contributed by atoms with Crippen LogP contribution in [0.2, 0.25) is 5.02 Å². The molecule has 0 radical (unpaired) electrons. The molecule has 1 aliphatic rings. The number of aryl methyl sites for hydroxylation is 1. The van der Waals surface area contributed by atoms with E-state index in [1.54, 1.807) is 25.1 Å². The summed E-state index contributed by atoms with van der Waals surface area (Å²) in [5.74, 6) is -0.228. The standard InChI is InChI=1S/C18H19ClN2O4S/c1-3-11-6-5-7-13(8-11)21-26(23,24)16-10-12(19)9-14-17(16)25-15(4-2)18(22)20-14/h5-10,15,21H,3-4H2,1-2H3,(H,20,22). The molecule has 2 aromatic rings. The Morgan fingerprint density at radius 1 is 1.23 bits per heavy atom. The second kappa shape index (κ2) is 7.17. The van der Waals surface area contributed by atoms with E-state index in [9.17, 15) is 13.2 Å². The highest BCUT2D eigenvalue weighted by molar-refractivity contribution is 7.92. The Balaban J connectivity index is 2.03. The lowest BCUT2D eigenvalue weighted by atomic mass is 10.1. The van der Waals surface area contributed by atoms with Gasteiger partial charge in [-0.2, -0.15) is 0 Å². The van der Waals surface area contributed by atoms with E-state index in [0.29, 0.717) is 12.1 Å². The van der Waals surface area contributed by atoms with E-state index in [1.807, 2.05) is 13.0 Å². The van der Waals surface area contributed by atoms with Crippen molar-refractivity contribution in [2.45, 2.75) is 37.7 Å². The molecular weight excluding hydrogens is 376 g/mol. The highest BCUT2D eigenvalue weighted by atomic mass is 35.5. The molecule has 3 rings (SSSR count). The number of ether oxygens (including phenoxy) is 1. The van der Waals surface area contributed by atoms with Crippen LogP contribution in [0.5, 0.6) is 5.75 Å². The van der Waals surface area contributed by atoms with Crippen molar-refractivity contribution >= 4 is 38.9 Å². The summed E-state index contributed by atoms with van der Waals surface area (Å²) >= 11 is 6.06. The van der Waals surface area contributed by atoms with Gasteiger partial charge in [-0.3, -0.25) is 9.52 Å². The first kappa shape index (κ1) is 18.5. The van der Waals surface area contributed by atoms with Gasteiger partial charge in [0.1, 0.15) is 4.90 Å². The van der Waals surface area contributed by atoms with Gasteiger partial charge >= 0.3 is 0 Å². The predicted molar refractivity (Wildman–Crippen MR) is 101 cm³/mol. The lowest BCUT2D eigenvalue weighted by molar-refractivity contribution is -0.123. The number of fused-ring (bicyclic) bond motifs is 1. The van der Waals surface area contributed by atoms with Crippen molar-refractivity contribution in [1.29, 1.82) is 0 Å². The molecular formula is C18H19ClN2O4S. The van der Waals surface area contributed by atoms with Gasteiger partial charge in [0.15, 0.2) is 11.9 Å². The minimum atomic E-state index is -3.96. The first-order chi connectivity index (χ1) is 12.3. The summed E-state index contributed by atoms with van der Waals surface area (Å²) in [6.07, 6.45) is 0.454. The molecule has 1 heterocycles. The van der Waals surface area contributed by atoms with E-state index in [2.05, 4.69) is 10.0 Å². The summed E-state index contributed by atoms with van der Waals surface area (Å²) in [6.45, 7) is 3.77. The number of carbonyl (C=O) groups excluding carboxylic acids is 1. The fourth-order valence-corrected chi connectivity index (χ4v) is 4.24. The van der Waals surface area contributed by atoms with Gasteiger partial charge < -0.3 is 10.1 Å². The van der Waals surface area contributed by atoms with Crippen molar-refractivity contribution in [3.63, 3.8) is 0 Å². The highest BCUT2D eigenvalue weighted by Gasteiger charge is 2.32. The summed E-state index contributed by atoms with van der Waals surface area (Å²) in [5.41, 5.74) is 1.70. The molecule has 1 aliphatic heterocycles. The van der Waals surface area contributed by atoms with E-state index >= 15 is 0 Å². The van der Waals surface area contributed by atoms with E-state index in [0.717, 1.165) is 12.0 Å². The second-order valence-electron chi connectivity index (χ2n) is 5.94. The number of hydrogen-bond donors (Lipinski definition) is 2. The zero-order valence-corrected chi connectivity index (χ0v) is 15.9. The van der Waals surface area contributed by atoms with Gasteiger partial charge in [0, 0.05) is 10.7 Å². The lowest BCUT2D eigenvalue weighted by Crippen LogP contribution is -2.37. The first-order valence-electron chi connectivity index (χ1n) is 8.27. The molecule has 0 saturated carbocycles. The van der Waals surface area contributed by atoms with E-state index in [-0.39, 0.29) is 27.3 Å². The average Bonchev–Trinajstić information content (AvgIpc) is 2.60. The third-order valence-corrected chi connectivity index (χ3v) is 5.68. The molecule has 0 aliphatic carbocycles. The molecule has 1 atom stereocenters. The fourth-order valence-electron chi connectivity index (χ4n) is 2.73. The molecule has 2 N–H and O–H groups in total. The van der Waals surface area contributed by atoms with Gasteiger partial charge in [-0.1, -0.05) is 37.6 Å². The lowest BCUT2D eigenvalue weighted by Gasteiger charge is -2.27. The van der Waals surface area contributed by atoms with Crippen LogP contribution in [0, 0.1) is 0 Å². The second-order valence-corrected chi connectivity index (χ2v) is 8.03. The number of carbonyl (C=O) groups is 1. The van der Waals surface area contributed by atoms with E-state index in [4.69, 9.17) is 16.3 Å². The molecule has 0 spiro atoms. The quantitative estimate of drug-likeness (QED) is 0.807. The van der Waals surface area contributed by atoms with Crippen LogP contribution < -0.4 is 14.8 Å². The van der Waals surface area contributed by atoms with Crippen molar-refractivity contribution in [1.82, 2.24) is 0 Å². The van der Waals surface area contributed by atoms with Crippen molar-refractivity contribution < 1.29 is 17.9 Å². The van der Waals surface area contributed by atoms with Crippen LogP contribution in [0.1, 0.15) is 25.8 Å². The van der Waals surface area contributed by atoms with E-state index in [1.165, 1.54) is 12.1 Å². The number of amides is 1. The fraction of sp³-hybridized carbons (Fsp3) is 0.278. The Labute approximate surface area is 157 Å². The normalized spacial score (nSPS) is 16.4. The summed E-state index contributed by atoms with van der Waals surface area (Å²) in [6, 6.07) is 9.93. The van der Waals surface area contributed by atoms with Crippen LogP contribution in [0.25, 0.3) is 0 Å². The maximum absolute atomic E-state index is 12.9. The number of halogens is 1. The predicted octanol–water partition coefficient (Wildman–Crippen LogP) is 3.81. The summed E-state index contributed by atoms with van der Waals surface area (Å²) in [5, 5.41) is 2.84.